The van der Waals surface area contributed by atoms with Gasteiger partial charge in [-0.3, -0.25) is 0 Å². The minimum Gasteiger partial charge on any atom is -0.381 e. The second-order valence-electron chi connectivity index (χ2n) is 5.55. The third-order valence-electron chi connectivity index (χ3n) is 3.87. The number of rotatable bonds is 5. The predicted molar refractivity (Wildman–Crippen MR) is 81.0 cm³/mol. The molecule has 19 heavy (non-hydrogen) atoms. The van der Waals surface area contributed by atoms with Crippen LogP contribution in [0.3, 0.4) is 0 Å². The van der Waals surface area contributed by atoms with Crippen molar-refractivity contribution in [3.8, 4) is 0 Å². The van der Waals surface area contributed by atoms with E-state index in [1.54, 1.807) is 0 Å². The van der Waals surface area contributed by atoms with Crippen LogP contribution in [0.4, 0.5) is 5.69 Å². The lowest BCUT2D eigenvalue weighted by Crippen LogP contribution is -2.39. The minimum absolute atomic E-state index is 0.640. The van der Waals surface area contributed by atoms with E-state index in [4.69, 9.17) is 4.74 Å². The maximum atomic E-state index is 5.37. The summed E-state index contributed by atoms with van der Waals surface area (Å²) in [6.07, 6.45) is 2.29. The molecule has 1 fully saturated rings. The molecular weight excluding hydrogens is 236 g/mol. The Bertz CT molecular complexity index is 400. The normalized spacial score (nSPS) is 16.6. The van der Waals surface area contributed by atoms with Crippen LogP contribution in [0, 0.1) is 13.8 Å². The lowest BCUT2D eigenvalue weighted by atomic mass is 10.1. The summed E-state index contributed by atoms with van der Waals surface area (Å²) in [5.41, 5.74) is 4.02. The van der Waals surface area contributed by atoms with E-state index in [0.29, 0.717) is 6.04 Å². The smallest absolute Gasteiger partial charge is 0.0480 e. The van der Waals surface area contributed by atoms with Crippen LogP contribution in [-0.2, 0) is 4.74 Å². The standard InChI is InChI=1S/C16H26N2O/c1-13-4-5-16(14(2)12-13)18(3)9-8-17-15-6-10-19-11-7-15/h4-5,12,15,17H,6-11H2,1-3H3. The average Bonchev–Trinajstić information content (AvgIpc) is 2.39. The van der Waals surface area contributed by atoms with E-state index in [1.807, 2.05) is 0 Å². The van der Waals surface area contributed by atoms with Crippen LogP contribution >= 0.6 is 0 Å². The van der Waals surface area contributed by atoms with Crippen LogP contribution in [0.15, 0.2) is 18.2 Å². The number of benzene rings is 1. The first-order valence-electron chi connectivity index (χ1n) is 7.26. The van der Waals surface area contributed by atoms with Crippen molar-refractivity contribution in [3.63, 3.8) is 0 Å². The van der Waals surface area contributed by atoms with Crippen molar-refractivity contribution in [1.29, 1.82) is 0 Å². The molecule has 0 atom stereocenters. The van der Waals surface area contributed by atoms with Crippen molar-refractivity contribution in [1.82, 2.24) is 5.32 Å². The highest BCUT2D eigenvalue weighted by molar-refractivity contribution is 5.53. The molecule has 0 amide bonds. The summed E-state index contributed by atoms with van der Waals surface area (Å²) in [6, 6.07) is 7.29. The number of ether oxygens (including phenoxy) is 1. The molecule has 0 unspecified atom stereocenters. The summed E-state index contributed by atoms with van der Waals surface area (Å²) in [6.45, 7) is 8.22. The fraction of sp³-hybridized carbons (Fsp3) is 0.625. The molecule has 1 aromatic carbocycles. The quantitative estimate of drug-likeness (QED) is 0.882. The Morgan fingerprint density at radius 3 is 2.68 bits per heavy atom. The molecule has 106 valence electrons. The molecule has 0 spiro atoms. The van der Waals surface area contributed by atoms with E-state index in [2.05, 4.69) is 49.3 Å². The summed E-state index contributed by atoms with van der Waals surface area (Å²) < 4.78 is 5.37. The Kier molecular flexibility index (Phi) is 5.23. The number of aryl methyl sites for hydroxylation is 2. The molecule has 1 aliphatic heterocycles. The molecule has 0 saturated carbocycles. The minimum atomic E-state index is 0.640. The highest BCUT2D eigenvalue weighted by Gasteiger charge is 2.13. The predicted octanol–water partition coefficient (Wildman–Crippen LogP) is 2.51. The molecule has 0 aromatic heterocycles. The maximum Gasteiger partial charge on any atom is 0.0480 e. The van der Waals surface area contributed by atoms with E-state index in [0.717, 1.165) is 39.1 Å². The zero-order chi connectivity index (χ0) is 13.7. The monoisotopic (exact) mass is 262 g/mol. The molecule has 3 nitrogen and oxygen atoms in total. The molecule has 1 aliphatic rings. The van der Waals surface area contributed by atoms with Gasteiger partial charge in [-0.2, -0.15) is 0 Å². The third kappa shape index (κ3) is 4.22. The van der Waals surface area contributed by atoms with Crippen molar-refractivity contribution < 1.29 is 4.74 Å². The highest BCUT2D eigenvalue weighted by atomic mass is 16.5. The topological polar surface area (TPSA) is 24.5 Å². The van der Waals surface area contributed by atoms with Gasteiger partial charge in [-0.25, -0.2) is 0 Å². The SMILES string of the molecule is Cc1ccc(N(C)CCNC2CCOCC2)c(C)c1. The van der Waals surface area contributed by atoms with Gasteiger partial charge in [-0.15, -0.1) is 0 Å². The van der Waals surface area contributed by atoms with E-state index >= 15 is 0 Å². The molecular formula is C16H26N2O. The second kappa shape index (κ2) is 6.92. The lowest BCUT2D eigenvalue weighted by Gasteiger charge is -2.26. The number of nitrogens with one attached hydrogen (secondary N) is 1. The first-order valence-corrected chi connectivity index (χ1v) is 7.26. The molecule has 2 rings (SSSR count). The van der Waals surface area contributed by atoms with Crippen LogP contribution in [0.25, 0.3) is 0 Å². The summed E-state index contributed by atoms with van der Waals surface area (Å²) >= 11 is 0. The number of nitrogens with zero attached hydrogens (tertiary/aromatic N) is 1. The van der Waals surface area contributed by atoms with Gasteiger partial charge >= 0.3 is 0 Å². The van der Waals surface area contributed by atoms with Gasteiger partial charge in [0.05, 0.1) is 0 Å². The van der Waals surface area contributed by atoms with Gasteiger partial charge in [0.25, 0.3) is 0 Å². The number of likely N-dealkylation sites (N-methyl/N-ethyl adjacent to an activating group) is 1. The van der Waals surface area contributed by atoms with Gasteiger partial charge in [0.15, 0.2) is 0 Å². The second-order valence-corrected chi connectivity index (χ2v) is 5.55. The zero-order valence-corrected chi connectivity index (χ0v) is 12.4. The molecule has 0 bridgehead atoms. The molecule has 1 aromatic rings. The van der Waals surface area contributed by atoms with E-state index < -0.39 is 0 Å². The van der Waals surface area contributed by atoms with Gasteiger partial charge in [-0.1, -0.05) is 17.7 Å². The molecule has 0 aliphatic carbocycles. The third-order valence-corrected chi connectivity index (χ3v) is 3.87. The van der Waals surface area contributed by atoms with Gasteiger partial charge < -0.3 is 15.0 Å². The fourth-order valence-corrected chi connectivity index (χ4v) is 2.69. The van der Waals surface area contributed by atoms with Gasteiger partial charge in [0.2, 0.25) is 0 Å². The van der Waals surface area contributed by atoms with Crippen LogP contribution in [0.2, 0.25) is 0 Å². The van der Waals surface area contributed by atoms with Gasteiger partial charge in [-0.05, 0) is 38.3 Å². The Balaban J connectivity index is 1.78. The van der Waals surface area contributed by atoms with E-state index in [1.165, 1.54) is 16.8 Å². The maximum absolute atomic E-state index is 5.37. The first-order chi connectivity index (χ1) is 9.16. The molecule has 1 N–H and O–H groups in total. The Hall–Kier alpha value is -1.06. The lowest BCUT2D eigenvalue weighted by molar-refractivity contribution is 0.0783. The average molecular weight is 262 g/mol. The van der Waals surface area contributed by atoms with Crippen LogP contribution in [0.1, 0.15) is 24.0 Å². The highest BCUT2D eigenvalue weighted by Crippen LogP contribution is 2.19. The van der Waals surface area contributed by atoms with Crippen molar-refractivity contribution in [3.05, 3.63) is 29.3 Å². The van der Waals surface area contributed by atoms with Crippen LogP contribution in [-0.4, -0.2) is 39.4 Å². The van der Waals surface area contributed by atoms with Crippen molar-refractivity contribution in [2.24, 2.45) is 0 Å². The largest absolute Gasteiger partial charge is 0.381 e. The van der Waals surface area contributed by atoms with Crippen LogP contribution < -0.4 is 10.2 Å². The van der Waals surface area contributed by atoms with E-state index in [9.17, 15) is 0 Å². The number of hydrogen-bond donors (Lipinski definition) is 1. The van der Waals surface area contributed by atoms with Gasteiger partial charge in [0, 0.05) is 45.1 Å². The summed E-state index contributed by atoms with van der Waals surface area (Å²) in [5.74, 6) is 0. The molecule has 3 heteroatoms. The first kappa shape index (κ1) is 14.4. The summed E-state index contributed by atoms with van der Waals surface area (Å²) in [5, 5.41) is 3.63. The summed E-state index contributed by atoms with van der Waals surface area (Å²) in [4.78, 5) is 2.33. The Labute approximate surface area is 116 Å². The Morgan fingerprint density at radius 2 is 2.00 bits per heavy atom. The molecule has 0 radical (unpaired) electrons. The van der Waals surface area contributed by atoms with E-state index in [-0.39, 0.29) is 0 Å². The van der Waals surface area contributed by atoms with Gasteiger partial charge in [0.1, 0.15) is 0 Å². The zero-order valence-electron chi connectivity index (χ0n) is 12.4. The number of hydrogen-bond acceptors (Lipinski definition) is 3. The van der Waals surface area contributed by atoms with Crippen molar-refractivity contribution in [2.75, 3.05) is 38.3 Å². The molecule has 1 saturated heterocycles. The fourth-order valence-electron chi connectivity index (χ4n) is 2.69. The van der Waals surface area contributed by atoms with Crippen LogP contribution in [0.5, 0.6) is 0 Å². The molecule has 1 heterocycles. The Morgan fingerprint density at radius 1 is 1.26 bits per heavy atom. The van der Waals surface area contributed by atoms with Crippen molar-refractivity contribution >= 4 is 5.69 Å². The van der Waals surface area contributed by atoms with Crippen molar-refractivity contribution in [2.45, 2.75) is 32.7 Å². The summed E-state index contributed by atoms with van der Waals surface area (Å²) in [7, 11) is 2.17. The number of anilines is 1.